The third kappa shape index (κ3) is 5.12. The first-order valence-electron chi connectivity index (χ1n) is 10.2. The van der Waals surface area contributed by atoms with Crippen LogP contribution in [0.25, 0.3) is 16.6 Å². The normalized spacial score (nSPS) is 11.6. The lowest BCUT2D eigenvalue weighted by molar-refractivity contribution is 0.254. The molecule has 0 radical (unpaired) electrons. The maximum Gasteiger partial charge on any atom is 0.262 e. The Balaban J connectivity index is 0.00000158. The molecule has 0 spiro atoms. The zero-order valence-corrected chi connectivity index (χ0v) is 20.4. The Morgan fingerprint density at radius 1 is 1.29 bits per heavy atom. The predicted octanol–water partition coefficient (Wildman–Crippen LogP) is 4.76. The highest BCUT2D eigenvalue weighted by molar-refractivity contribution is 7.86. The van der Waals surface area contributed by atoms with Gasteiger partial charge in [-0.2, -0.15) is 10.1 Å². The van der Waals surface area contributed by atoms with Gasteiger partial charge in [0.1, 0.15) is 19.0 Å². The Hall–Kier alpha value is -3.25. The molecule has 0 saturated carbocycles. The van der Waals surface area contributed by atoms with Crippen molar-refractivity contribution in [3.63, 3.8) is 0 Å². The van der Waals surface area contributed by atoms with Crippen molar-refractivity contribution in [3.05, 3.63) is 47.3 Å². The van der Waals surface area contributed by atoms with E-state index >= 15 is 0 Å². The summed E-state index contributed by atoms with van der Waals surface area (Å²) in [5, 5.41) is 4.87. The molecule has 3 aromatic heterocycles. The highest BCUT2D eigenvalue weighted by atomic mass is 35.5. The molecule has 4 aromatic rings. The molecule has 2 N–H and O–H groups in total. The van der Waals surface area contributed by atoms with E-state index in [9.17, 15) is 13.0 Å². The molecule has 1 atom stereocenters. The molecular weight excluding hydrogens is 490 g/mol. The standard InChI is InChI=1S/C19H17ClF2N6O3S.C2H6/c1-10-17(31-6-5-21)18(30-2)26-19(25-10)27-32(29)14-8-23-15-12(14)3-4-13(20)16(15)28-9-11(22)7-24-28;1-2/h3-4,7-9,23H,5-6H2,1-2H3,(H,25,26,27);1-2H3. The summed E-state index contributed by atoms with van der Waals surface area (Å²) in [5.74, 6) is -0.197. The quantitative estimate of drug-likeness (QED) is 0.352. The van der Waals surface area contributed by atoms with Crippen molar-refractivity contribution in [1.82, 2.24) is 24.7 Å². The Labute approximate surface area is 202 Å². The van der Waals surface area contributed by atoms with E-state index in [1.165, 1.54) is 24.2 Å². The number of nitrogens with one attached hydrogen (secondary N) is 2. The molecule has 34 heavy (non-hydrogen) atoms. The lowest BCUT2D eigenvalue weighted by Gasteiger charge is -2.13. The molecule has 0 aliphatic carbocycles. The Morgan fingerprint density at radius 3 is 2.71 bits per heavy atom. The molecule has 0 fully saturated rings. The van der Waals surface area contributed by atoms with E-state index in [4.69, 9.17) is 21.1 Å². The molecule has 13 heteroatoms. The zero-order chi connectivity index (χ0) is 24.8. The third-order valence-electron chi connectivity index (χ3n) is 4.43. The molecule has 0 bridgehead atoms. The number of ether oxygens (including phenoxy) is 2. The first-order chi connectivity index (χ1) is 16.4. The van der Waals surface area contributed by atoms with Crippen molar-refractivity contribution in [3.8, 4) is 17.3 Å². The maximum atomic E-state index is 13.5. The van der Waals surface area contributed by atoms with E-state index in [0.29, 0.717) is 32.2 Å². The lowest BCUT2D eigenvalue weighted by Crippen LogP contribution is -2.11. The van der Waals surface area contributed by atoms with E-state index in [2.05, 4.69) is 24.8 Å². The second-order valence-corrected chi connectivity index (χ2v) is 8.04. The average Bonchev–Trinajstić information content (AvgIpc) is 3.45. The number of aryl methyl sites for hydroxylation is 1. The van der Waals surface area contributed by atoms with Crippen LogP contribution in [0.3, 0.4) is 0 Å². The number of fused-ring (bicyclic) bond motifs is 1. The van der Waals surface area contributed by atoms with Gasteiger partial charge < -0.3 is 14.5 Å². The second-order valence-electron chi connectivity index (χ2n) is 6.45. The van der Waals surface area contributed by atoms with Gasteiger partial charge in [-0.05, 0) is 19.1 Å². The fourth-order valence-corrected chi connectivity index (χ4v) is 4.25. The van der Waals surface area contributed by atoms with Crippen LogP contribution in [-0.4, -0.2) is 49.3 Å². The zero-order valence-electron chi connectivity index (χ0n) is 18.9. The topological polar surface area (TPSA) is 107 Å². The number of H-pyrrole nitrogens is 1. The number of halogens is 3. The van der Waals surface area contributed by atoms with Crippen molar-refractivity contribution in [2.24, 2.45) is 0 Å². The Kier molecular flexibility index (Phi) is 8.40. The predicted molar refractivity (Wildman–Crippen MR) is 127 cm³/mol. The van der Waals surface area contributed by atoms with Crippen molar-refractivity contribution in [2.45, 2.75) is 25.7 Å². The highest BCUT2D eigenvalue weighted by Crippen LogP contribution is 2.33. The van der Waals surface area contributed by atoms with Crippen LogP contribution in [0.2, 0.25) is 5.02 Å². The van der Waals surface area contributed by atoms with Gasteiger partial charge in [0.2, 0.25) is 11.7 Å². The van der Waals surface area contributed by atoms with E-state index in [1.54, 1.807) is 19.1 Å². The van der Waals surface area contributed by atoms with Gasteiger partial charge in [-0.15, -0.1) is 0 Å². The van der Waals surface area contributed by atoms with Crippen molar-refractivity contribution in [2.75, 3.05) is 25.1 Å². The molecule has 0 amide bonds. The van der Waals surface area contributed by atoms with E-state index in [1.807, 2.05) is 13.8 Å². The summed E-state index contributed by atoms with van der Waals surface area (Å²) >= 11 is 6.30. The van der Waals surface area contributed by atoms with Crippen LogP contribution in [0, 0.1) is 12.7 Å². The van der Waals surface area contributed by atoms with Crippen LogP contribution in [-0.2, 0) is 11.0 Å². The summed E-state index contributed by atoms with van der Waals surface area (Å²) in [7, 11) is -0.401. The molecular formula is C21H23ClF2N6O3S. The van der Waals surface area contributed by atoms with Crippen molar-refractivity contribution >= 4 is 39.4 Å². The number of nitrogens with zero attached hydrogens (tertiary/aromatic N) is 4. The van der Waals surface area contributed by atoms with Crippen LogP contribution < -0.4 is 14.2 Å². The molecule has 0 aliphatic heterocycles. The van der Waals surface area contributed by atoms with Gasteiger partial charge in [-0.3, -0.25) is 4.72 Å². The first kappa shape index (κ1) is 25.4. The van der Waals surface area contributed by atoms with Gasteiger partial charge in [0.15, 0.2) is 16.8 Å². The molecule has 1 aromatic carbocycles. The Bertz CT molecular complexity index is 1310. The van der Waals surface area contributed by atoms with Gasteiger partial charge >= 0.3 is 0 Å². The van der Waals surface area contributed by atoms with Crippen LogP contribution in [0.4, 0.5) is 14.7 Å². The maximum absolute atomic E-state index is 13.5. The van der Waals surface area contributed by atoms with Crippen molar-refractivity contribution < 1.29 is 22.5 Å². The van der Waals surface area contributed by atoms with Gasteiger partial charge in [0.05, 0.1) is 40.6 Å². The monoisotopic (exact) mass is 512 g/mol. The van der Waals surface area contributed by atoms with E-state index < -0.39 is 23.5 Å². The minimum absolute atomic E-state index is 0.0305. The fraction of sp³-hybridized carbons (Fsp3) is 0.286. The van der Waals surface area contributed by atoms with E-state index in [0.717, 1.165) is 6.20 Å². The summed E-state index contributed by atoms with van der Waals surface area (Å²) in [6.07, 6.45) is 3.79. The van der Waals surface area contributed by atoms with Crippen LogP contribution in [0.1, 0.15) is 19.5 Å². The number of alkyl halides is 1. The average molecular weight is 513 g/mol. The second kappa shape index (κ2) is 11.3. The summed E-state index contributed by atoms with van der Waals surface area (Å²) in [4.78, 5) is 11.8. The summed E-state index contributed by atoms with van der Waals surface area (Å²) in [6.45, 7) is 4.79. The number of aromatic amines is 1. The molecule has 3 heterocycles. The number of benzene rings is 1. The number of rotatable bonds is 8. The van der Waals surface area contributed by atoms with Crippen molar-refractivity contribution in [1.29, 1.82) is 0 Å². The third-order valence-corrected chi connectivity index (χ3v) is 5.84. The van der Waals surface area contributed by atoms with Gasteiger partial charge in [0.25, 0.3) is 5.88 Å². The van der Waals surface area contributed by atoms with Crippen LogP contribution in [0.5, 0.6) is 11.6 Å². The fourth-order valence-electron chi connectivity index (χ4n) is 3.10. The number of anilines is 1. The van der Waals surface area contributed by atoms with Crippen LogP contribution in [0.15, 0.2) is 35.6 Å². The number of aromatic nitrogens is 5. The molecule has 4 rings (SSSR count). The smallest absolute Gasteiger partial charge is 0.262 e. The molecule has 0 aliphatic rings. The van der Waals surface area contributed by atoms with Gasteiger partial charge in [0, 0.05) is 11.6 Å². The molecule has 1 unspecified atom stereocenters. The summed E-state index contributed by atoms with van der Waals surface area (Å²) in [6, 6.07) is 3.29. The minimum Gasteiger partial charge on any atom is -0.484 e. The largest absolute Gasteiger partial charge is 0.484 e. The first-order valence-corrected chi connectivity index (χ1v) is 11.8. The summed E-state index contributed by atoms with van der Waals surface area (Å²) in [5.41, 5.74) is 1.33. The van der Waals surface area contributed by atoms with Gasteiger partial charge in [-0.25, -0.2) is 22.7 Å². The van der Waals surface area contributed by atoms with E-state index in [-0.39, 0.29) is 24.2 Å². The SMILES string of the molecule is CC.COc1nc(NS(=O)c2c[nH]c3c(-n4cc(F)cn4)c(Cl)ccc23)nc(C)c1OCCF. The number of hydrogen-bond acceptors (Lipinski definition) is 6. The minimum atomic E-state index is -1.78. The number of methoxy groups -OCH3 is 1. The lowest BCUT2D eigenvalue weighted by atomic mass is 10.2. The van der Waals surface area contributed by atoms with Gasteiger partial charge in [-0.1, -0.05) is 25.4 Å². The Morgan fingerprint density at radius 2 is 2.06 bits per heavy atom. The summed E-state index contributed by atoms with van der Waals surface area (Å²) < 4.78 is 53.5. The molecule has 0 saturated heterocycles. The highest BCUT2D eigenvalue weighted by Gasteiger charge is 2.20. The molecule has 182 valence electrons. The number of hydrogen-bond donors (Lipinski definition) is 2. The van der Waals surface area contributed by atoms with Crippen LogP contribution >= 0.6 is 11.6 Å². The molecule has 9 nitrogen and oxygen atoms in total.